The molecule has 1 aromatic carbocycles. The summed E-state index contributed by atoms with van der Waals surface area (Å²) in [6, 6.07) is 11.2. The highest BCUT2D eigenvalue weighted by Crippen LogP contribution is 2.29. The van der Waals surface area contributed by atoms with Crippen molar-refractivity contribution in [1.29, 1.82) is 0 Å². The van der Waals surface area contributed by atoms with Crippen LogP contribution < -0.4 is 5.32 Å². The van der Waals surface area contributed by atoms with E-state index in [2.05, 4.69) is 54.4 Å². The molecule has 2 heterocycles. The normalized spacial score (nSPS) is 15.3. The van der Waals surface area contributed by atoms with Crippen LogP contribution in [0.2, 0.25) is 0 Å². The van der Waals surface area contributed by atoms with E-state index in [1.54, 1.807) is 0 Å². The van der Waals surface area contributed by atoms with Crippen molar-refractivity contribution in [2.24, 2.45) is 0 Å². The lowest BCUT2D eigenvalue weighted by Crippen LogP contribution is -2.29. The molecule has 0 aliphatic carbocycles. The van der Waals surface area contributed by atoms with Crippen LogP contribution in [0.1, 0.15) is 30.0 Å². The second kappa shape index (κ2) is 5.94. The fourth-order valence-electron chi connectivity index (χ4n) is 2.53. The maximum Gasteiger partial charge on any atom is 0.183 e. The predicted molar refractivity (Wildman–Crippen MR) is 85.1 cm³/mol. The van der Waals surface area contributed by atoms with Crippen LogP contribution in [-0.4, -0.2) is 22.5 Å². The molecule has 4 heteroatoms. The average molecular weight is 287 g/mol. The van der Waals surface area contributed by atoms with E-state index in [-0.39, 0.29) is 0 Å². The molecule has 20 heavy (non-hydrogen) atoms. The Kier molecular flexibility index (Phi) is 4.03. The molecule has 106 valence electrons. The highest BCUT2D eigenvalue weighted by molar-refractivity contribution is 7.15. The van der Waals surface area contributed by atoms with E-state index < -0.39 is 0 Å². The second-order valence-corrected chi connectivity index (χ2v) is 6.72. The second-order valence-electron chi connectivity index (χ2n) is 5.63. The number of hydrogen-bond donors (Lipinski definition) is 1. The minimum atomic E-state index is 0.447. The van der Waals surface area contributed by atoms with Gasteiger partial charge in [-0.25, -0.2) is 4.98 Å². The first-order chi connectivity index (χ1) is 9.70. The van der Waals surface area contributed by atoms with Gasteiger partial charge < -0.3 is 5.32 Å². The third-order valence-electron chi connectivity index (χ3n) is 3.47. The molecule has 2 aromatic rings. The Balaban J connectivity index is 1.67. The molecule has 0 saturated carbocycles. The van der Waals surface area contributed by atoms with Gasteiger partial charge in [-0.3, -0.25) is 4.90 Å². The van der Waals surface area contributed by atoms with Gasteiger partial charge in [-0.1, -0.05) is 30.3 Å². The lowest BCUT2D eigenvalue weighted by atomic mass is 10.1. The number of nitrogens with one attached hydrogen (secondary N) is 1. The van der Waals surface area contributed by atoms with E-state index in [4.69, 9.17) is 4.98 Å². The Hall–Kier alpha value is -1.39. The van der Waals surface area contributed by atoms with Crippen LogP contribution in [0.3, 0.4) is 0 Å². The van der Waals surface area contributed by atoms with E-state index in [1.807, 2.05) is 11.3 Å². The van der Waals surface area contributed by atoms with Gasteiger partial charge in [-0.2, -0.15) is 0 Å². The van der Waals surface area contributed by atoms with Gasteiger partial charge in [0.1, 0.15) is 0 Å². The third-order valence-corrected chi connectivity index (χ3v) is 4.49. The van der Waals surface area contributed by atoms with Gasteiger partial charge in [0.2, 0.25) is 0 Å². The number of fused-ring (bicyclic) bond motifs is 1. The van der Waals surface area contributed by atoms with E-state index in [0.29, 0.717) is 6.04 Å². The third kappa shape index (κ3) is 3.19. The number of thiazole rings is 1. The van der Waals surface area contributed by atoms with Gasteiger partial charge in [-0.05, 0) is 19.4 Å². The molecule has 1 aliphatic heterocycles. The largest absolute Gasteiger partial charge is 0.359 e. The number of rotatable bonds is 4. The molecule has 0 atom stereocenters. The Bertz CT molecular complexity index is 562. The summed E-state index contributed by atoms with van der Waals surface area (Å²) in [7, 11) is 0. The summed E-state index contributed by atoms with van der Waals surface area (Å²) in [5.74, 6) is 0. The number of aromatic nitrogens is 1. The number of anilines is 1. The van der Waals surface area contributed by atoms with E-state index >= 15 is 0 Å². The van der Waals surface area contributed by atoms with Crippen molar-refractivity contribution in [2.45, 2.75) is 39.4 Å². The molecular formula is C16H21N3S. The van der Waals surface area contributed by atoms with Crippen molar-refractivity contribution < 1.29 is 0 Å². The van der Waals surface area contributed by atoms with Crippen LogP contribution >= 0.6 is 11.3 Å². The van der Waals surface area contributed by atoms with E-state index in [0.717, 1.165) is 31.2 Å². The molecule has 1 N–H and O–H groups in total. The van der Waals surface area contributed by atoms with Crippen LogP contribution in [0.15, 0.2) is 30.3 Å². The molecule has 0 radical (unpaired) electrons. The van der Waals surface area contributed by atoms with Gasteiger partial charge >= 0.3 is 0 Å². The smallest absolute Gasteiger partial charge is 0.183 e. The highest BCUT2D eigenvalue weighted by atomic mass is 32.1. The van der Waals surface area contributed by atoms with E-state index in [9.17, 15) is 0 Å². The van der Waals surface area contributed by atoms with Crippen molar-refractivity contribution in [3.8, 4) is 0 Å². The minimum Gasteiger partial charge on any atom is -0.359 e. The van der Waals surface area contributed by atoms with E-state index in [1.165, 1.54) is 16.1 Å². The molecule has 1 aliphatic rings. The summed E-state index contributed by atoms with van der Waals surface area (Å²) in [6.07, 6.45) is 1.07. The SMILES string of the molecule is CC(C)Nc1nc2c(s1)CN(Cc1ccccc1)CC2. The van der Waals surface area contributed by atoms with Gasteiger partial charge in [0, 0.05) is 37.0 Å². The van der Waals surface area contributed by atoms with Gasteiger partial charge in [-0.15, -0.1) is 11.3 Å². The summed E-state index contributed by atoms with van der Waals surface area (Å²) >= 11 is 1.81. The van der Waals surface area contributed by atoms with Crippen LogP contribution in [0.25, 0.3) is 0 Å². The Labute approximate surface area is 124 Å². The van der Waals surface area contributed by atoms with Crippen LogP contribution in [0, 0.1) is 0 Å². The topological polar surface area (TPSA) is 28.2 Å². The predicted octanol–water partition coefficient (Wildman–Crippen LogP) is 3.52. The fourth-order valence-corrected chi connectivity index (χ4v) is 3.73. The quantitative estimate of drug-likeness (QED) is 0.932. The maximum absolute atomic E-state index is 4.71. The Morgan fingerprint density at radius 1 is 1.30 bits per heavy atom. The van der Waals surface area contributed by atoms with Gasteiger partial charge in [0.25, 0.3) is 0 Å². The fraction of sp³-hybridized carbons (Fsp3) is 0.438. The van der Waals surface area contributed by atoms with Crippen LogP contribution in [-0.2, 0) is 19.5 Å². The van der Waals surface area contributed by atoms with Crippen LogP contribution in [0.4, 0.5) is 5.13 Å². The molecule has 0 spiro atoms. The zero-order valence-electron chi connectivity index (χ0n) is 12.1. The first-order valence-corrected chi connectivity index (χ1v) is 8.04. The van der Waals surface area contributed by atoms with Crippen molar-refractivity contribution >= 4 is 16.5 Å². The molecule has 0 amide bonds. The first kappa shape index (κ1) is 13.6. The van der Waals surface area contributed by atoms with Crippen molar-refractivity contribution in [3.63, 3.8) is 0 Å². The summed E-state index contributed by atoms with van der Waals surface area (Å²) < 4.78 is 0. The Morgan fingerprint density at radius 3 is 2.85 bits per heavy atom. The molecule has 3 rings (SSSR count). The lowest BCUT2D eigenvalue weighted by molar-refractivity contribution is 0.247. The molecular weight excluding hydrogens is 266 g/mol. The summed E-state index contributed by atoms with van der Waals surface area (Å²) in [5.41, 5.74) is 2.68. The van der Waals surface area contributed by atoms with Crippen molar-refractivity contribution in [3.05, 3.63) is 46.5 Å². The van der Waals surface area contributed by atoms with Crippen molar-refractivity contribution in [2.75, 3.05) is 11.9 Å². The maximum atomic E-state index is 4.71. The van der Waals surface area contributed by atoms with Crippen molar-refractivity contribution in [1.82, 2.24) is 9.88 Å². The lowest BCUT2D eigenvalue weighted by Gasteiger charge is -2.25. The number of hydrogen-bond acceptors (Lipinski definition) is 4. The number of benzene rings is 1. The first-order valence-electron chi connectivity index (χ1n) is 7.22. The molecule has 0 fully saturated rings. The molecule has 1 aromatic heterocycles. The van der Waals surface area contributed by atoms with Crippen LogP contribution in [0.5, 0.6) is 0 Å². The molecule has 0 unspecified atom stereocenters. The average Bonchev–Trinajstić information content (AvgIpc) is 2.80. The molecule has 0 saturated heterocycles. The van der Waals surface area contributed by atoms with Gasteiger partial charge in [0.15, 0.2) is 5.13 Å². The minimum absolute atomic E-state index is 0.447. The van der Waals surface area contributed by atoms with Gasteiger partial charge in [0.05, 0.1) is 5.69 Å². The summed E-state index contributed by atoms with van der Waals surface area (Å²) in [4.78, 5) is 8.65. The Morgan fingerprint density at radius 2 is 2.10 bits per heavy atom. The summed E-state index contributed by atoms with van der Waals surface area (Å²) in [6.45, 7) is 7.48. The standard InChI is InChI=1S/C16H21N3S/c1-12(2)17-16-18-14-8-9-19(11-15(14)20-16)10-13-6-4-3-5-7-13/h3-7,12H,8-11H2,1-2H3,(H,17,18). The zero-order valence-corrected chi connectivity index (χ0v) is 12.9. The highest BCUT2D eigenvalue weighted by Gasteiger charge is 2.20. The number of nitrogens with zero attached hydrogens (tertiary/aromatic N) is 2. The summed E-state index contributed by atoms with van der Waals surface area (Å²) in [5, 5.41) is 4.49. The monoisotopic (exact) mass is 287 g/mol. The molecule has 0 bridgehead atoms. The zero-order chi connectivity index (χ0) is 13.9. The molecule has 3 nitrogen and oxygen atoms in total.